The van der Waals surface area contributed by atoms with Crippen molar-refractivity contribution in [3.05, 3.63) is 41.7 Å². The first-order valence-corrected chi connectivity index (χ1v) is 11.3. The Morgan fingerprint density at radius 2 is 1.84 bits per heavy atom. The van der Waals surface area contributed by atoms with Crippen molar-refractivity contribution in [2.75, 3.05) is 62.2 Å². The predicted octanol–water partition coefficient (Wildman–Crippen LogP) is 2.36. The molecule has 3 aromatic rings. The SMILES string of the molecule is Cc1ncnc(N2CCN(Cc3nc4ccc(N5CCCNCC5)cc4o3)CC2)c1C. The summed E-state index contributed by atoms with van der Waals surface area (Å²) in [6.07, 6.45) is 2.83. The highest BCUT2D eigenvalue weighted by Gasteiger charge is 2.22. The van der Waals surface area contributed by atoms with Crippen LogP contribution >= 0.6 is 0 Å². The molecule has 2 saturated heterocycles. The van der Waals surface area contributed by atoms with Gasteiger partial charge in [-0.3, -0.25) is 4.90 Å². The fourth-order valence-electron chi connectivity index (χ4n) is 4.48. The molecule has 2 aliphatic rings. The van der Waals surface area contributed by atoms with E-state index < -0.39 is 0 Å². The van der Waals surface area contributed by atoms with Crippen molar-refractivity contribution >= 4 is 22.6 Å². The number of nitrogens with zero attached hydrogens (tertiary/aromatic N) is 6. The normalized spacial score (nSPS) is 18.5. The van der Waals surface area contributed by atoms with E-state index in [4.69, 9.17) is 9.40 Å². The largest absolute Gasteiger partial charge is 0.439 e. The molecule has 8 nitrogen and oxygen atoms in total. The van der Waals surface area contributed by atoms with E-state index >= 15 is 0 Å². The molecule has 5 rings (SSSR count). The van der Waals surface area contributed by atoms with Crippen LogP contribution in [0.2, 0.25) is 0 Å². The van der Waals surface area contributed by atoms with Crippen molar-refractivity contribution in [3.63, 3.8) is 0 Å². The molecule has 8 heteroatoms. The summed E-state index contributed by atoms with van der Waals surface area (Å²) in [5.41, 5.74) is 5.27. The van der Waals surface area contributed by atoms with Crippen molar-refractivity contribution in [1.29, 1.82) is 0 Å². The Morgan fingerprint density at radius 1 is 0.968 bits per heavy atom. The molecule has 0 amide bonds. The lowest BCUT2D eigenvalue weighted by molar-refractivity contribution is 0.228. The van der Waals surface area contributed by atoms with Gasteiger partial charge >= 0.3 is 0 Å². The molecule has 0 aliphatic carbocycles. The van der Waals surface area contributed by atoms with Gasteiger partial charge in [0.1, 0.15) is 17.7 Å². The smallest absolute Gasteiger partial charge is 0.209 e. The lowest BCUT2D eigenvalue weighted by Crippen LogP contribution is -2.46. The molecule has 2 fully saturated rings. The van der Waals surface area contributed by atoms with Crippen LogP contribution in [0, 0.1) is 13.8 Å². The first-order valence-electron chi connectivity index (χ1n) is 11.3. The maximum Gasteiger partial charge on any atom is 0.209 e. The number of benzene rings is 1. The van der Waals surface area contributed by atoms with Crippen LogP contribution in [0.3, 0.4) is 0 Å². The van der Waals surface area contributed by atoms with Crippen LogP contribution in [-0.4, -0.2) is 72.2 Å². The number of piperazine rings is 1. The van der Waals surface area contributed by atoms with Gasteiger partial charge in [-0.15, -0.1) is 0 Å². The van der Waals surface area contributed by atoms with Crippen molar-refractivity contribution < 1.29 is 4.42 Å². The Balaban J connectivity index is 1.23. The van der Waals surface area contributed by atoms with E-state index in [2.05, 4.69) is 55.1 Å². The summed E-state index contributed by atoms with van der Waals surface area (Å²) >= 11 is 0. The second kappa shape index (κ2) is 8.80. The molecular formula is C23H31N7O. The Labute approximate surface area is 183 Å². The number of oxazole rings is 1. The lowest BCUT2D eigenvalue weighted by atomic mass is 10.2. The van der Waals surface area contributed by atoms with Gasteiger partial charge in [-0.2, -0.15) is 0 Å². The third-order valence-corrected chi connectivity index (χ3v) is 6.46. The molecule has 0 radical (unpaired) electrons. The molecule has 0 saturated carbocycles. The van der Waals surface area contributed by atoms with Crippen LogP contribution in [0.15, 0.2) is 28.9 Å². The molecule has 0 atom stereocenters. The molecule has 0 bridgehead atoms. The van der Waals surface area contributed by atoms with Gasteiger partial charge in [-0.25, -0.2) is 15.0 Å². The zero-order valence-corrected chi connectivity index (χ0v) is 18.5. The van der Waals surface area contributed by atoms with Gasteiger partial charge in [-0.1, -0.05) is 0 Å². The summed E-state index contributed by atoms with van der Waals surface area (Å²) in [4.78, 5) is 20.7. The van der Waals surface area contributed by atoms with Gasteiger partial charge in [0, 0.05) is 68.8 Å². The Bertz CT molecular complexity index is 1030. The van der Waals surface area contributed by atoms with Gasteiger partial charge in [-0.05, 0) is 38.9 Å². The van der Waals surface area contributed by atoms with Crippen LogP contribution in [-0.2, 0) is 6.54 Å². The highest BCUT2D eigenvalue weighted by atomic mass is 16.3. The van der Waals surface area contributed by atoms with Crippen molar-refractivity contribution in [2.45, 2.75) is 26.8 Å². The molecule has 1 aromatic carbocycles. The second-order valence-electron chi connectivity index (χ2n) is 8.52. The van der Waals surface area contributed by atoms with Crippen molar-refractivity contribution in [1.82, 2.24) is 25.2 Å². The maximum absolute atomic E-state index is 6.15. The van der Waals surface area contributed by atoms with Crippen molar-refractivity contribution in [2.24, 2.45) is 0 Å². The zero-order valence-electron chi connectivity index (χ0n) is 18.5. The minimum absolute atomic E-state index is 0.743. The zero-order chi connectivity index (χ0) is 21.2. The fourth-order valence-corrected chi connectivity index (χ4v) is 4.48. The summed E-state index contributed by atoms with van der Waals surface area (Å²) < 4.78 is 6.15. The summed E-state index contributed by atoms with van der Waals surface area (Å²) in [5, 5.41) is 3.46. The number of aryl methyl sites for hydroxylation is 1. The molecule has 2 aliphatic heterocycles. The van der Waals surface area contributed by atoms with Gasteiger partial charge in [0.05, 0.1) is 6.54 Å². The molecule has 4 heterocycles. The number of fused-ring (bicyclic) bond motifs is 1. The third kappa shape index (κ3) is 4.36. The maximum atomic E-state index is 6.15. The first-order chi connectivity index (χ1) is 15.2. The van der Waals surface area contributed by atoms with Crippen LogP contribution in [0.25, 0.3) is 11.1 Å². The van der Waals surface area contributed by atoms with Gasteiger partial charge < -0.3 is 19.5 Å². The summed E-state index contributed by atoms with van der Waals surface area (Å²) in [7, 11) is 0. The second-order valence-corrected chi connectivity index (χ2v) is 8.52. The summed E-state index contributed by atoms with van der Waals surface area (Å²) in [6.45, 7) is 12.9. The monoisotopic (exact) mass is 421 g/mol. The minimum atomic E-state index is 0.743. The average Bonchev–Trinajstić information content (AvgIpc) is 2.99. The standard InChI is InChI=1S/C23H31N7O/c1-17-18(2)25-16-26-23(17)30-12-10-28(11-13-30)15-22-27-20-5-4-19(14-21(20)31-22)29-8-3-6-24-7-9-29/h4-5,14,16,24H,3,6-13,15H2,1-2H3. The lowest BCUT2D eigenvalue weighted by Gasteiger charge is -2.35. The number of hydrogen-bond donors (Lipinski definition) is 1. The number of hydrogen-bond acceptors (Lipinski definition) is 8. The first kappa shape index (κ1) is 20.2. The Hall–Kier alpha value is -2.71. The number of anilines is 2. The van der Waals surface area contributed by atoms with Crippen LogP contribution in [0.4, 0.5) is 11.5 Å². The Morgan fingerprint density at radius 3 is 2.71 bits per heavy atom. The number of nitrogens with one attached hydrogen (secondary N) is 1. The highest BCUT2D eigenvalue weighted by Crippen LogP contribution is 2.25. The Kier molecular flexibility index (Phi) is 5.74. The summed E-state index contributed by atoms with van der Waals surface area (Å²) in [6, 6.07) is 6.41. The molecule has 1 N–H and O–H groups in total. The third-order valence-electron chi connectivity index (χ3n) is 6.46. The topological polar surface area (TPSA) is 73.6 Å². The highest BCUT2D eigenvalue weighted by molar-refractivity contribution is 5.77. The van der Waals surface area contributed by atoms with E-state index in [1.807, 2.05) is 6.92 Å². The van der Waals surface area contributed by atoms with Crippen LogP contribution in [0.1, 0.15) is 23.6 Å². The van der Waals surface area contributed by atoms with E-state index in [0.717, 1.165) is 87.4 Å². The fraction of sp³-hybridized carbons (Fsp3) is 0.522. The number of aromatic nitrogens is 3. The molecule has 2 aromatic heterocycles. The predicted molar refractivity (Wildman–Crippen MR) is 123 cm³/mol. The molecule has 0 unspecified atom stereocenters. The van der Waals surface area contributed by atoms with E-state index in [-0.39, 0.29) is 0 Å². The van der Waals surface area contributed by atoms with E-state index in [1.165, 1.54) is 17.7 Å². The number of rotatable bonds is 4. The van der Waals surface area contributed by atoms with E-state index in [9.17, 15) is 0 Å². The minimum Gasteiger partial charge on any atom is -0.439 e. The van der Waals surface area contributed by atoms with Crippen LogP contribution < -0.4 is 15.1 Å². The quantitative estimate of drug-likeness (QED) is 0.688. The molecule has 31 heavy (non-hydrogen) atoms. The molecular weight excluding hydrogens is 390 g/mol. The summed E-state index contributed by atoms with van der Waals surface area (Å²) in [5.74, 6) is 1.86. The van der Waals surface area contributed by atoms with Gasteiger partial charge in [0.15, 0.2) is 5.58 Å². The van der Waals surface area contributed by atoms with Gasteiger partial charge in [0.2, 0.25) is 5.89 Å². The molecule has 0 spiro atoms. The molecule has 164 valence electrons. The average molecular weight is 422 g/mol. The van der Waals surface area contributed by atoms with Crippen LogP contribution in [0.5, 0.6) is 0 Å². The van der Waals surface area contributed by atoms with E-state index in [0.29, 0.717) is 0 Å². The van der Waals surface area contributed by atoms with Crippen molar-refractivity contribution in [3.8, 4) is 0 Å². The van der Waals surface area contributed by atoms with E-state index in [1.54, 1.807) is 6.33 Å². The van der Waals surface area contributed by atoms with Gasteiger partial charge in [0.25, 0.3) is 0 Å².